The van der Waals surface area contributed by atoms with Crippen molar-refractivity contribution in [1.29, 1.82) is 0 Å². The topological polar surface area (TPSA) is 63.6 Å². The van der Waals surface area contributed by atoms with Crippen LogP contribution in [0.15, 0.2) is 53.6 Å². The Morgan fingerprint density at radius 3 is 2.48 bits per heavy atom. The van der Waals surface area contributed by atoms with Crippen molar-refractivity contribution in [1.82, 2.24) is 9.29 Å². The van der Waals surface area contributed by atoms with Crippen molar-refractivity contribution in [3.8, 4) is 5.75 Å². The number of nitrogens with zero attached hydrogens (tertiary/aromatic N) is 2. The maximum Gasteiger partial charge on any atom is 0.340 e. The highest BCUT2D eigenvalue weighted by molar-refractivity contribution is 7.90. The van der Waals surface area contributed by atoms with Crippen LogP contribution in [0.3, 0.4) is 0 Å². The van der Waals surface area contributed by atoms with Gasteiger partial charge in [0.15, 0.2) is 6.61 Å². The third-order valence-electron chi connectivity index (χ3n) is 5.30. The molecule has 1 aliphatic heterocycles. The average Bonchev–Trinajstić information content (AvgIpc) is 3.22. The van der Waals surface area contributed by atoms with E-state index >= 15 is 0 Å². The number of alkyl halides is 4. The summed E-state index contributed by atoms with van der Waals surface area (Å²) in [4.78, 5) is 1.53. The quantitative estimate of drug-likeness (QED) is 0.513. The van der Waals surface area contributed by atoms with Crippen LogP contribution >= 0.6 is 0 Å². The van der Waals surface area contributed by atoms with Gasteiger partial charge in [0.25, 0.3) is 10.0 Å². The summed E-state index contributed by atoms with van der Waals surface area (Å²) < 4.78 is 98.2. The summed E-state index contributed by atoms with van der Waals surface area (Å²) >= 11 is 0. The lowest BCUT2D eigenvalue weighted by molar-refractivity contribution is -0.148. The lowest BCUT2D eigenvalue weighted by Gasteiger charge is -2.31. The summed E-state index contributed by atoms with van der Waals surface area (Å²) in [6.45, 7) is 0.374. The lowest BCUT2D eigenvalue weighted by Crippen LogP contribution is -2.44. The molecule has 0 bridgehead atoms. The molecule has 0 spiro atoms. The Labute approximate surface area is 186 Å². The van der Waals surface area contributed by atoms with E-state index in [9.17, 15) is 30.4 Å². The van der Waals surface area contributed by atoms with Crippen molar-refractivity contribution in [2.45, 2.75) is 17.2 Å². The Balaban J connectivity index is 1.75. The maximum atomic E-state index is 13.7. The second-order valence-corrected chi connectivity index (χ2v) is 9.35. The molecule has 0 atom stereocenters. The monoisotopic (exact) mass is 489 g/mol. The fourth-order valence-electron chi connectivity index (χ4n) is 3.57. The van der Waals surface area contributed by atoms with Gasteiger partial charge in [-0.1, -0.05) is 0 Å². The largest absolute Gasteiger partial charge is 0.485 e. The second-order valence-electron chi connectivity index (χ2n) is 7.54. The Kier molecular flexibility index (Phi) is 6.23. The molecule has 0 unspecified atom stereocenters. The van der Waals surface area contributed by atoms with Crippen LogP contribution in [0.2, 0.25) is 0 Å². The third-order valence-corrected chi connectivity index (χ3v) is 6.99. The number of ether oxygens (including phenoxy) is 1. The smallest absolute Gasteiger partial charge is 0.340 e. The molecular weight excluding hydrogens is 469 g/mol. The first-order chi connectivity index (χ1) is 15.6. The van der Waals surface area contributed by atoms with Crippen LogP contribution in [0.1, 0.15) is 0 Å². The molecule has 6 nitrogen and oxygen atoms in total. The van der Waals surface area contributed by atoms with Gasteiger partial charge in [0.1, 0.15) is 11.6 Å². The van der Waals surface area contributed by atoms with E-state index in [1.165, 1.54) is 30.5 Å². The van der Waals surface area contributed by atoms with Crippen molar-refractivity contribution in [3.05, 3.63) is 54.5 Å². The highest BCUT2D eigenvalue weighted by atomic mass is 32.2. The summed E-state index contributed by atoms with van der Waals surface area (Å²) in [5.41, 5.74) is 0.320. The number of nitrogens with one attached hydrogen (secondary N) is 1. The minimum Gasteiger partial charge on any atom is -0.485 e. The van der Waals surface area contributed by atoms with Crippen LogP contribution < -0.4 is 15.0 Å². The SMILES string of the molecule is O=S(=O)(c1ccc(OCC(F)(F)C(F)F)c(N2CCNCC2)c1)n1ccc2ccc(F)cc21. The number of hydrogen-bond acceptors (Lipinski definition) is 5. The highest BCUT2D eigenvalue weighted by Gasteiger charge is 2.42. The number of halogens is 5. The molecule has 1 aromatic heterocycles. The first-order valence-corrected chi connectivity index (χ1v) is 11.4. The molecule has 33 heavy (non-hydrogen) atoms. The summed E-state index contributed by atoms with van der Waals surface area (Å²) in [7, 11) is -4.19. The molecule has 1 aliphatic rings. The number of hydrogen-bond donors (Lipinski definition) is 1. The Hall–Kier alpha value is -2.86. The van der Waals surface area contributed by atoms with Crippen LogP contribution in [-0.4, -0.2) is 57.5 Å². The van der Waals surface area contributed by atoms with Gasteiger partial charge in [0, 0.05) is 37.8 Å². The summed E-state index contributed by atoms with van der Waals surface area (Å²) in [6, 6.07) is 8.83. The molecule has 2 heterocycles. The first-order valence-electron chi connectivity index (χ1n) is 10.0. The minimum absolute atomic E-state index is 0.135. The van der Waals surface area contributed by atoms with E-state index in [2.05, 4.69) is 5.32 Å². The molecule has 3 aromatic rings. The first kappa shape index (κ1) is 23.3. The molecule has 0 saturated carbocycles. The minimum atomic E-state index is -4.36. The number of anilines is 1. The predicted molar refractivity (Wildman–Crippen MR) is 112 cm³/mol. The lowest BCUT2D eigenvalue weighted by atomic mass is 10.2. The zero-order valence-electron chi connectivity index (χ0n) is 17.1. The van der Waals surface area contributed by atoms with Crippen molar-refractivity contribution >= 4 is 26.6 Å². The molecular formula is C21H20F5N3O3S. The molecule has 4 rings (SSSR count). The van der Waals surface area contributed by atoms with Crippen molar-refractivity contribution in [2.24, 2.45) is 0 Å². The normalized spacial score (nSPS) is 15.4. The Bertz CT molecular complexity index is 1260. The van der Waals surface area contributed by atoms with Crippen LogP contribution in [0.25, 0.3) is 10.9 Å². The van der Waals surface area contributed by atoms with Gasteiger partial charge in [0.2, 0.25) is 0 Å². The van der Waals surface area contributed by atoms with E-state index < -0.39 is 34.8 Å². The van der Waals surface area contributed by atoms with Gasteiger partial charge >= 0.3 is 12.3 Å². The highest BCUT2D eigenvalue weighted by Crippen LogP contribution is 2.35. The average molecular weight is 489 g/mol. The second kappa shape index (κ2) is 8.82. The van der Waals surface area contributed by atoms with Crippen molar-refractivity contribution < 1.29 is 35.1 Å². The van der Waals surface area contributed by atoms with Gasteiger partial charge in [-0.25, -0.2) is 25.6 Å². The Morgan fingerprint density at radius 1 is 1.06 bits per heavy atom. The van der Waals surface area contributed by atoms with Crippen molar-refractivity contribution in [3.63, 3.8) is 0 Å². The molecule has 1 fully saturated rings. The van der Waals surface area contributed by atoms with Gasteiger partial charge in [-0.2, -0.15) is 8.78 Å². The summed E-state index contributed by atoms with van der Waals surface area (Å²) in [5, 5.41) is 3.62. The standard InChI is InChI=1S/C21H20F5N3O3S/c22-15-2-1-14-5-8-29(17(14)11-15)33(30,31)16-3-4-19(32-13-21(25,26)20(23)24)18(12-16)28-9-6-27-7-10-28/h1-5,8,11-12,20,27H,6-7,9-10,13H2. The van der Waals surface area contributed by atoms with Gasteiger partial charge in [-0.05, 0) is 42.5 Å². The van der Waals surface area contributed by atoms with Crippen molar-refractivity contribution in [2.75, 3.05) is 37.7 Å². The van der Waals surface area contributed by atoms with E-state index in [0.717, 1.165) is 22.2 Å². The molecule has 178 valence electrons. The van der Waals surface area contributed by atoms with Gasteiger partial charge in [0.05, 0.1) is 16.1 Å². The fourth-order valence-corrected chi connectivity index (χ4v) is 4.94. The molecule has 2 aromatic carbocycles. The summed E-state index contributed by atoms with van der Waals surface area (Å²) in [5.74, 6) is -5.11. The number of fused-ring (bicyclic) bond motifs is 1. The fraction of sp³-hybridized carbons (Fsp3) is 0.333. The van der Waals surface area contributed by atoms with Crippen LogP contribution in [0, 0.1) is 5.82 Å². The molecule has 0 radical (unpaired) electrons. The van der Waals surface area contributed by atoms with Crippen LogP contribution in [0.4, 0.5) is 27.6 Å². The molecule has 1 saturated heterocycles. The summed E-state index contributed by atoms with van der Waals surface area (Å²) in [6.07, 6.45) is -2.61. The number of piperazine rings is 1. The molecule has 1 N–H and O–H groups in total. The van der Waals surface area contributed by atoms with E-state index in [4.69, 9.17) is 4.74 Å². The van der Waals surface area contributed by atoms with Gasteiger partial charge in [-0.15, -0.1) is 0 Å². The van der Waals surface area contributed by atoms with E-state index in [0.29, 0.717) is 31.6 Å². The molecule has 12 heteroatoms. The zero-order chi connectivity index (χ0) is 23.8. The number of rotatable bonds is 7. The number of benzene rings is 2. The Morgan fingerprint density at radius 2 is 1.79 bits per heavy atom. The van der Waals surface area contributed by atoms with Crippen LogP contribution in [-0.2, 0) is 10.0 Å². The molecule has 0 amide bonds. The predicted octanol–water partition coefficient (Wildman–Crippen LogP) is 3.71. The molecule has 0 aliphatic carbocycles. The maximum absolute atomic E-state index is 13.7. The van der Waals surface area contributed by atoms with Gasteiger partial charge in [-0.3, -0.25) is 0 Å². The van der Waals surface area contributed by atoms with E-state index in [-0.39, 0.29) is 21.8 Å². The zero-order valence-corrected chi connectivity index (χ0v) is 18.0. The number of aromatic nitrogens is 1. The van der Waals surface area contributed by atoms with Gasteiger partial charge < -0.3 is 15.0 Å². The third kappa shape index (κ3) is 4.62. The van der Waals surface area contributed by atoms with E-state index in [1.807, 2.05) is 0 Å². The van der Waals surface area contributed by atoms with E-state index in [1.54, 1.807) is 4.90 Å². The van der Waals surface area contributed by atoms with Crippen LogP contribution in [0.5, 0.6) is 5.75 Å².